The van der Waals surface area contributed by atoms with Gasteiger partial charge in [-0.15, -0.1) is 0 Å². The summed E-state index contributed by atoms with van der Waals surface area (Å²) >= 11 is 0. The van der Waals surface area contributed by atoms with Crippen LogP contribution in [0, 0.1) is 19.7 Å². The van der Waals surface area contributed by atoms with Gasteiger partial charge in [-0.1, -0.05) is 0 Å². The second-order valence-electron chi connectivity index (χ2n) is 4.25. The second kappa shape index (κ2) is 5.22. The molecule has 4 nitrogen and oxygen atoms in total. The summed E-state index contributed by atoms with van der Waals surface area (Å²) in [6.45, 7) is 3.37. The minimum absolute atomic E-state index is 0.218. The van der Waals surface area contributed by atoms with E-state index < -0.39 is 5.97 Å². The first-order chi connectivity index (χ1) is 9.01. The highest BCUT2D eigenvalue weighted by Crippen LogP contribution is 2.28. The van der Waals surface area contributed by atoms with E-state index in [9.17, 15) is 9.18 Å². The number of hydrogen-bond donors (Lipinski definition) is 0. The molecule has 0 aliphatic heterocycles. The molecule has 0 saturated carbocycles. The lowest BCUT2D eigenvalue weighted by molar-refractivity contribution is -0.142. The third-order valence-electron chi connectivity index (χ3n) is 2.73. The average Bonchev–Trinajstić information content (AvgIpc) is 2.36. The van der Waals surface area contributed by atoms with Gasteiger partial charge in [0.15, 0.2) is 6.61 Å². The van der Waals surface area contributed by atoms with E-state index in [1.807, 2.05) is 6.92 Å². The van der Waals surface area contributed by atoms with Crippen LogP contribution in [0.4, 0.5) is 4.39 Å². The lowest BCUT2D eigenvalue weighted by Crippen LogP contribution is -2.13. The van der Waals surface area contributed by atoms with Crippen molar-refractivity contribution in [2.24, 2.45) is 0 Å². The van der Waals surface area contributed by atoms with Gasteiger partial charge < -0.3 is 9.47 Å². The van der Waals surface area contributed by atoms with Gasteiger partial charge >= 0.3 is 5.97 Å². The number of esters is 1. The SMILES string of the molecule is COC(=O)COc1cc(C)nc2c(C)cc(F)cc12. The monoisotopic (exact) mass is 263 g/mol. The van der Waals surface area contributed by atoms with Crippen LogP contribution in [0.1, 0.15) is 11.3 Å². The number of rotatable bonds is 3. The van der Waals surface area contributed by atoms with Crippen molar-refractivity contribution in [3.8, 4) is 5.75 Å². The van der Waals surface area contributed by atoms with Crippen LogP contribution in [0.2, 0.25) is 0 Å². The van der Waals surface area contributed by atoms with Gasteiger partial charge in [-0.05, 0) is 31.5 Å². The summed E-state index contributed by atoms with van der Waals surface area (Å²) in [6.07, 6.45) is 0. The molecule has 0 saturated heterocycles. The zero-order chi connectivity index (χ0) is 14.0. The number of fused-ring (bicyclic) bond motifs is 1. The molecule has 2 rings (SSSR count). The molecular weight excluding hydrogens is 249 g/mol. The molecule has 0 N–H and O–H groups in total. The predicted octanol–water partition coefficient (Wildman–Crippen LogP) is 2.54. The molecule has 100 valence electrons. The molecule has 1 aromatic heterocycles. The van der Waals surface area contributed by atoms with Crippen molar-refractivity contribution in [1.29, 1.82) is 0 Å². The second-order valence-corrected chi connectivity index (χ2v) is 4.25. The van der Waals surface area contributed by atoms with E-state index in [0.717, 1.165) is 11.3 Å². The molecule has 0 spiro atoms. The highest BCUT2D eigenvalue weighted by atomic mass is 19.1. The molecular formula is C14H14FNO3. The Kier molecular flexibility index (Phi) is 3.64. The third kappa shape index (κ3) is 2.81. The van der Waals surface area contributed by atoms with Crippen molar-refractivity contribution in [1.82, 2.24) is 4.98 Å². The molecule has 0 fully saturated rings. The number of aryl methyl sites for hydroxylation is 2. The number of hydrogen-bond acceptors (Lipinski definition) is 4. The largest absolute Gasteiger partial charge is 0.481 e. The van der Waals surface area contributed by atoms with Crippen molar-refractivity contribution < 1.29 is 18.7 Å². The van der Waals surface area contributed by atoms with Gasteiger partial charge in [-0.3, -0.25) is 4.98 Å². The van der Waals surface area contributed by atoms with Gasteiger partial charge in [0.25, 0.3) is 0 Å². The van der Waals surface area contributed by atoms with Crippen LogP contribution in [0.25, 0.3) is 10.9 Å². The van der Waals surface area contributed by atoms with Gasteiger partial charge in [-0.2, -0.15) is 0 Å². The number of aromatic nitrogens is 1. The Morgan fingerprint density at radius 2 is 2.05 bits per heavy atom. The maximum Gasteiger partial charge on any atom is 0.343 e. The van der Waals surface area contributed by atoms with E-state index in [0.29, 0.717) is 16.7 Å². The maximum absolute atomic E-state index is 13.5. The molecule has 19 heavy (non-hydrogen) atoms. The third-order valence-corrected chi connectivity index (χ3v) is 2.73. The summed E-state index contributed by atoms with van der Waals surface area (Å²) < 4.78 is 23.4. The van der Waals surface area contributed by atoms with E-state index >= 15 is 0 Å². The van der Waals surface area contributed by atoms with E-state index in [4.69, 9.17) is 4.74 Å². The first-order valence-corrected chi connectivity index (χ1v) is 5.78. The Hall–Kier alpha value is -2.17. The number of benzene rings is 1. The molecule has 0 aliphatic rings. The molecule has 0 unspecified atom stereocenters. The molecule has 2 aromatic rings. The molecule has 5 heteroatoms. The zero-order valence-corrected chi connectivity index (χ0v) is 11.0. The summed E-state index contributed by atoms with van der Waals surface area (Å²) in [5, 5.41) is 0.548. The Morgan fingerprint density at radius 3 is 2.74 bits per heavy atom. The summed E-state index contributed by atoms with van der Waals surface area (Å²) in [4.78, 5) is 15.5. The average molecular weight is 263 g/mol. The number of pyridine rings is 1. The van der Waals surface area contributed by atoms with Crippen LogP contribution >= 0.6 is 0 Å². The fourth-order valence-corrected chi connectivity index (χ4v) is 1.86. The Bertz CT molecular complexity index is 640. The van der Waals surface area contributed by atoms with Crippen LogP contribution in [0.15, 0.2) is 18.2 Å². The molecule has 1 aromatic carbocycles. The van der Waals surface area contributed by atoms with Gasteiger partial charge in [0, 0.05) is 17.1 Å². The Labute approximate surface area is 110 Å². The molecule has 0 atom stereocenters. The van der Waals surface area contributed by atoms with Crippen LogP contribution in [0.5, 0.6) is 5.75 Å². The predicted molar refractivity (Wildman–Crippen MR) is 68.7 cm³/mol. The van der Waals surface area contributed by atoms with Crippen molar-refractivity contribution in [2.75, 3.05) is 13.7 Å². The van der Waals surface area contributed by atoms with Crippen molar-refractivity contribution >= 4 is 16.9 Å². The minimum Gasteiger partial charge on any atom is -0.481 e. The smallest absolute Gasteiger partial charge is 0.343 e. The molecule has 0 radical (unpaired) electrons. The van der Waals surface area contributed by atoms with Crippen molar-refractivity contribution in [2.45, 2.75) is 13.8 Å². The first-order valence-electron chi connectivity index (χ1n) is 5.78. The highest BCUT2D eigenvalue weighted by Gasteiger charge is 2.11. The van der Waals surface area contributed by atoms with E-state index in [-0.39, 0.29) is 12.4 Å². The number of halogens is 1. The van der Waals surface area contributed by atoms with Crippen molar-refractivity contribution in [3.63, 3.8) is 0 Å². The fraction of sp³-hybridized carbons (Fsp3) is 0.286. The normalized spacial score (nSPS) is 10.5. The van der Waals surface area contributed by atoms with E-state index in [2.05, 4.69) is 9.72 Å². The van der Waals surface area contributed by atoms with Gasteiger partial charge in [0.05, 0.1) is 12.6 Å². The number of methoxy groups -OCH3 is 1. The first kappa shape index (κ1) is 13.3. The van der Waals surface area contributed by atoms with Crippen LogP contribution in [-0.2, 0) is 9.53 Å². The standard InChI is InChI=1S/C14H14FNO3/c1-8-4-10(15)6-11-12(19-7-13(17)18-3)5-9(2)16-14(8)11/h4-6H,7H2,1-3H3. The maximum atomic E-state index is 13.5. The van der Waals surface area contributed by atoms with Gasteiger partial charge in [0.2, 0.25) is 0 Å². The lowest BCUT2D eigenvalue weighted by Gasteiger charge is -2.11. The summed E-state index contributed by atoms with van der Waals surface area (Å²) in [5.74, 6) is -0.426. The van der Waals surface area contributed by atoms with Crippen LogP contribution in [-0.4, -0.2) is 24.7 Å². The zero-order valence-electron chi connectivity index (χ0n) is 11.0. The van der Waals surface area contributed by atoms with Crippen LogP contribution in [0.3, 0.4) is 0 Å². The van der Waals surface area contributed by atoms with E-state index in [1.54, 1.807) is 13.0 Å². The molecule has 1 heterocycles. The highest BCUT2D eigenvalue weighted by molar-refractivity contribution is 5.88. The number of carbonyl (C=O) groups excluding carboxylic acids is 1. The molecule has 0 aliphatic carbocycles. The fourth-order valence-electron chi connectivity index (χ4n) is 1.86. The van der Waals surface area contributed by atoms with Crippen molar-refractivity contribution in [3.05, 3.63) is 35.3 Å². The number of nitrogens with zero attached hydrogens (tertiary/aromatic N) is 1. The van der Waals surface area contributed by atoms with E-state index in [1.165, 1.54) is 19.2 Å². The molecule has 0 bridgehead atoms. The summed E-state index contributed by atoms with van der Waals surface area (Å²) in [5.41, 5.74) is 2.13. The summed E-state index contributed by atoms with van der Waals surface area (Å²) in [7, 11) is 1.28. The quantitative estimate of drug-likeness (QED) is 0.798. The minimum atomic E-state index is -0.490. The lowest BCUT2D eigenvalue weighted by atomic mass is 10.1. The molecule has 0 amide bonds. The number of carbonyl (C=O) groups is 1. The van der Waals surface area contributed by atoms with Gasteiger partial charge in [-0.25, -0.2) is 9.18 Å². The van der Waals surface area contributed by atoms with Gasteiger partial charge in [0.1, 0.15) is 11.6 Å². The summed E-state index contributed by atoms with van der Waals surface area (Å²) in [6, 6.07) is 4.43. The number of ether oxygens (including phenoxy) is 2. The topological polar surface area (TPSA) is 48.4 Å². The Morgan fingerprint density at radius 1 is 1.32 bits per heavy atom. The Balaban J connectivity index is 2.50. The van der Waals surface area contributed by atoms with Crippen LogP contribution < -0.4 is 4.74 Å².